The van der Waals surface area contributed by atoms with Gasteiger partial charge in [0.2, 0.25) is 5.82 Å². The van der Waals surface area contributed by atoms with Crippen molar-refractivity contribution >= 4 is 11.7 Å². The Labute approximate surface area is 134 Å². The fourth-order valence-electron chi connectivity index (χ4n) is 2.50. The van der Waals surface area contributed by atoms with Gasteiger partial charge in [-0.3, -0.25) is 4.79 Å². The van der Waals surface area contributed by atoms with E-state index in [1.807, 2.05) is 43.3 Å². The average Bonchev–Trinajstić information content (AvgIpc) is 2.99. The van der Waals surface area contributed by atoms with Crippen LogP contribution in [-0.2, 0) is 0 Å². The Morgan fingerprint density at radius 2 is 1.91 bits per heavy atom. The summed E-state index contributed by atoms with van der Waals surface area (Å²) in [5, 5.41) is 7.27. The molecule has 0 saturated heterocycles. The van der Waals surface area contributed by atoms with Crippen LogP contribution in [0.2, 0.25) is 0 Å². The lowest BCUT2D eigenvalue weighted by atomic mass is 9.96. The fourth-order valence-corrected chi connectivity index (χ4v) is 2.50. The molecule has 2 aromatic heterocycles. The van der Waals surface area contributed by atoms with Crippen molar-refractivity contribution in [3.8, 4) is 0 Å². The molecule has 3 aromatic rings. The van der Waals surface area contributed by atoms with Crippen LogP contribution >= 0.6 is 0 Å². The Morgan fingerprint density at radius 1 is 1.17 bits per heavy atom. The van der Waals surface area contributed by atoms with Gasteiger partial charge in [0.25, 0.3) is 11.7 Å². The number of carbonyl (C=O) groups excluding carboxylic acids is 1. The van der Waals surface area contributed by atoms with Gasteiger partial charge in [0.15, 0.2) is 0 Å². The minimum Gasteiger partial charge on any atom is -0.342 e. The number of nitrogens with zero attached hydrogens (tertiary/aromatic N) is 4. The molecule has 0 unspecified atom stereocenters. The lowest BCUT2D eigenvalue weighted by molar-refractivity contribution is 0.0915. The largest absolute Gasteiger partial charge is 0.342 e. The highest BCUT2D eigenvalue weighted by Gasteiger charge is 2.22. The third kappa shape index (κ3) is 3.06. The lowest BCUT2D eigenvalue weighted by Gasteiger charge is -2.22. The van der Waals surface area contributed by atoms with Crippen molar-refractivity contribution in [2.24, 2.45) is 5.92 Å². The zero-order chi connectivity index (χ0) is 16.4. The molecule has 23 heavy (non-hydrogen) atoms. The van der Waals surface area contributed by atoms with Crippen LogP contribution in [0.3, 0.4) is 0 Å². The zero-order valence-electron chi connectivity index (χ0n) is 13.4. The van der Waals surface area contributed by atoms with Gasteiger partial charge in [-0.2, -0.15) is 4.98 Å². The highest BCUT2D eigenvalue weighted by Crippen LogP contribution is 2.21. The minimum absolute atomic E-state index is 0.0932. The highest BCUT2D eigenvalue weighted by molar-refractivity contribution is 5.91. The predicted octanol–water partition coefficient (Wildman–Crippen LogP) is 2.56. The topological polar surface area (TPSA) is 72.2 Å². The summed E-state index contributed by atoms with van der Waals surface area (Å²) in [5.41, 5.74) is 1.94. The molecule has 0 spiro atoms. The monoisotopic (exact) mass is 309 g/mol. The number of hydrogen-bond donors (Lipinski definition) is 1. The first-order valence-corrected chi connectivity index (χ1v) is 7.60. The first-order valence-electron chi connectivity index (χ1n) is 7.60. The second-order valence-corrected chi connectivity index (χ2v) is 5.84. The number of rotatable bonds is 4. The molecule has 0 aliphatic rings. The standard InChI is InChI=1S/C17H19N5O/c1-11(2)14(13-7-5-4-6-8-13)19-16(23)15-20-17-18-10-9-12(3)22(17)21-15/h4-11,14H,1-3H3,(H,19,23)/t14-/m1/s1. The molecule has 0 aliphatic heterocycles. The molecule has 0 radical (unpaired) electrons. The molecular weight excluding hydrogens is 290 g/mol. The zero-order valence-corrected chi connectivity index (χ0v) is 13.4. The molecule has 0 aliphatic carbocycles. The van der Waals surface area contributed by atoms with E-state index in [1.54, 1.807) is 10.7 Å². The van der Waals surface area contributed by atoms with Crippen molar-refractivity contribution in [2.75, 3.05) is 0 Å². The van der Waals surface area contributed by atoms with E-state index >= 15 is 0 Å². The van der Waals surface area contributed by atoms with Gasteiger partial charge in [0.05, 0.1) is 6.04 Å². The Balaban J connectivity index is 1.88. The van der Waals surface area contributed by atoms with Gasteiger partial charge in [-0.25, -0.2) is 9.50 Å². The summed E-state index contributed by atoms with van der Waals surface area (Å²) in [5.74, 6) is 0.514. The van der Waals surface area contributed by atoms with E-state index in [2.05, 4.69) is 34.2 Å². The maximum Gasteiger partial charge on any atom is 0.291 e. The second kappa shape index (κ2) is 6.16. The average molecular weight is 309 g/mol. The van der Waals surface area contributed by atoms with E-state index < -0.39 is 0 Å². The first-order chi connectivity index (χ1) is 11.1. The number of amides is 1. The van der Waals surface area contributed by atoms with E-state index in [1.165, 1.54) is 0 Å². The first kappa shape index (κ1) is 15.1. The Bertz CT molecular complexity index is 825. The Kier molecular flexibility index (Phi) is 4.06. The van der Waals surface area contributed by atoms with Gasteiger partial charge in [-0.15, -0.1) is 5.10 Å². The molecule has 118 valence electrons. The molecule has 2 heterocycles. The summed E-state index contributed by atoms with van der Waals surface area (Å²) < 4.78 is 1.57. The van der Waals surface area contributed by atoms with E-state index in [0.29, 0.717) is 5.78 Å². The Morgan fingerprint density at radius 3 is 2.57 bits per heavy atom. The van der Waals surface area contributed by atoms with Crippen molar-refractivity contribution in [2.45, 2.75) is 26.8 Å². The number of nitrogens with one attached hydrogen (secondary N) is 1. The quantitative estimate of drug-likeness (QED) is 0.804. The van der Waals surface area contributed by atoms with E-state index in [4.69, 9.17) is 0 Å². The molecule has 6 nitrogen and oxygen atoms in total. The third-order valence-electron chi connectivity index (χ3n) is 3.74. The van der Waals surface area contributed by atoms with Crippen molar-refractivity contribution in [1.29, 1.82) is 0 Å². The molecule has 3 rings (SSSR count). The molecule has 1 N–H and O–H groups in total. The fraction of sp³-hybridized carbons (Fsp3) is 0.294. The van der Waals surface area contributed by atoms with Crippen LogP contribution in [0.15, 0.2) is 42.6 Å². The van der Waals surface area contributed by atoms with Gasteiger partial charge in [-0.05, 0) is 24.5 Å². The van der Waals surface area contributed by atoms with Gasteiger partial charge >= 0.3 is 0 Å². The van der Waals surface area contributed by atoms with Crippen LogP contribution in [-0.4, -0.2) is 25.5 Å². The van der Waals surface area contributed by atoms with Crippen molar-refractivity contribution in [3.05, 3.63) is 59.7 Å². The number of hydrogen-bond acceptors (Lipinski definition) is 4. The number of aromatic nitrogens is 4. The normalized spacial score (nSPS) is 12.5. The van der Waals surface area contributed by atoms with Gasteiger partial charge in [0, 0.05) is 11.9 Å². The third-order valence-corrected chi connectivity index (χ3v) is 3.74. The number of aryl methyl sites for hydroxylation is 1. The maximum absolute atomic E-state index is 12.5. The molecule has 1 aromatic carbocycles. The molecule has 0 saturated carbocycles. The van der Waals surface area contributed by atoms with Crippen LogP contribution in [0.5, 0.6) is 0 Å². The van der Waals surface area contributed by atoms with Gasteiger partial charge in [0.1, 0.15) is 0 Å². The highest BCUT2D eigenvalue weighted by atomic mass is 16.2. The van der Waals surface area contributed by atoms with E-state index in [0.717, 1.165) is 11.3 Å². The van der Waals surface area contributed by atoms with Crippen LogP contribution in [0.4, 0.5) is 0 Å². The van der Waals surface area contributed by atoms with E-state index in [-0.39, 0.29) is 23.7 Å². The number of carbonyl (C=O) groups is 1. The van der Waals surface area contributed by atoms with E-state index in [9.17, 15) is 4.79 Å². The summed E-state index contributed by atoms with van der Waals surface area (Å²) in [4.78, 5) is 20.9. The summed E-state index contributed by atoms with van der Waals surface area (Å²) >= 11 is 0. The number of benzene rings is 1. The molecule has 0 fully saturated rings. The second-order valence-electron chi connectivity index (χ2n) is 5.84. The molecular formula is C17H19N5O. The molecule has 6 heteroatoms. The summed E-state index contributed by atoms with van der Waals surface area (Å²) in [7, 11) is 0. The van der Waals surface area contributed by atoms with Crippen molar-refractivity contribution in [3.63, 3.8) is 0 Å². The maximum atomic E-state index is 12.5. The van der Waals surface area contributed by atoms with Crippen LogP contribution in [0, 0.1) is 12.8 Å². The van der Waals surface area contributed by atoms with Crippen LogP contribution in [0.1, 0.15) is 41.8 Å². The van der Waals surface area contributed by atoms with Crippen LogP contribution < -0.4 is 5.32 Å². The van der Waals surface area contributed by atoms with Crippen molar-refractivity contribution < 1.29 is 4.79 Å². The summed E-state index contributed by atoms with van der Waals surface area (Å²) in [6.45, 7) is 6.04. The smallest absolute Gasteiger partial charge is 0.291 e. The predicted molar refractivity (Wildman–Crippen MR) is 87.0 cm³/mol. The molecule has 0 bridgehead atoms. The SMILES string of the molecule is Cc1ccnc2nc(C(=O)N[C@@H](c3ccccc3)C(C)C)nn12. The minimum atomic E-state index is -0.294. The Hall–Kier alpha value is -2.76. The van der Waals surface area contributed by atoms with Gasteiger partial charge in [-0.1, -0.05) is 44.2 Å². The van der Waals surface area contributed by atoms with Crippen LogP contribution in [0.25, 0.3) is 5.78 Å². The lowest BCUT2D eigenvalue weighted by Crippen LogP contribution is -2.32. The number of fused-ring (bicyclic) bond motifs is 1. The summed E-state index contributed by atoms with van der Waals surface area (Å²) in [6, 6.07) is 11.6. The van der Waals surface area contributed by atoms with Crippen molar-refractivity contribution in [1.82, 2.24) is 24.9 Å². The summed E-state index contributed by atoms with van der Waals surface area (Å²) in [6.07, 6.45) is 1.65. The molecule has 1 amide bonds. The van der Waals surface area contributed by atoms with Gasteiger partial charge < -0.3 is 5.32 Å². The molecule has 1 atom stereocenters.